The van der Waals surface area contributed by atoms with Crippen LogP contribution in [0.25, 0.3) is 0 Å². The summed E-state index contributed by atoms with van der Waals surface area (Å²) in [6.07, 6.45) is 1.20. The molecule has 2 aromatic carbocycles. The molecular weight excluding hydrogens is 414 g/mol. The number of thioether (sulfide) groups is 1. The standard InChI is InChI=1S/C23H27N3O2S2/c1-4-29-22-21(19-8-6-5-7-9-19)24-23(25-22)12-14-26(15-13-23)30(27,28)20-16-17(2)10-11-18(20)3/h5-11,16H,4,12-15H2,1-3H3. The fourth-order valence-electron chi connectivity index (χ4n) is 3.98. The van der Waals surface area contributed by atoms with E-state index < -0.39 is 15.7 Å². The number of hydrogen-bond donors (Lipinski definition) is 0. The van der Waals surface area contributed by atoms with Gasteiger partial charge in [0.2, 0.25) is 10.0 Å². The van der Waals surface area contributed by atoms with E-state index in [0.717, 1.165) is 33.2 Å². The summed E-state index contributed by atoms with van der Waals surface area (Å²) in [5, 5.41) is 0.967. The fourth-order valence-corrected chi connectivity index (χ4v) is 6.54. The van der Waals surface area contributed by atoms with Crippen LogP contribution in [-0.4, -0.2) is 48.0 Å². The maximum absolute atomic E-state index is 13.3. The second-order valence-corrected chi connectivity index (χ2v) is 11.0. The molecular formula is C23H27N3O2S2. The Bertz CT molecular complexity index is 1100. The fraction of sp³-hybridized carbons (Fsp3) is 0.391. The molecule has 2 aliphatic rings. The molecule has 1 saturated heterocycles. The van der Waals surface area contributed by atoms with E-state index in [2.05, 4.69) is 19.1 Å². The Morgan fingerprint density at radius 2 is 1.73 bits per heavy atom. The number of hydrogen-bond acceptors (Lipinski definition) is 5. The monoisotopic (exact) mass is 441 g/mol. The van der Waals surface area contributed by atoms with Gasteiger partial charge in [-0.3, -0.25) is 4.99 Å². The van der Waals surface area contributed by atoms with E-state index in [9.17, 15) is 8.42 Å². The Kier molecular flexibility index (Phi) is 5.88. The molecule has 2 aliphatic heterocycles. The van der Waals surface area contributed by atoms with Crippen molar-refractivity contribution in [2.45, 2.75) is 44.2 Å². The number of benzene rings is 2. The van der Waals surface area contributed by atoms with Crippen LogP contribution in [0.1, 0.15) is 36.5 Å². The van der Waals surface area contributed by atoms with Crippen LogP contribution in [0.4, 0.5) is 0 Å². The van der Waals surface area contributed by atoms with Crippen molar-refractivity contribution in [2.24, 2.45) is 9.98 Å². The van der Waals surface area contributed by atoms with Crippen molar-refractivity contribution in [3.63, 3.8) is 0 Å². The zero-order valence-corrected chi connectivity index (χ0v) is 19.3. The third-order valence-electron chi connectivity index (χ3n) is 5.65. The average molecular weight is 442 g/mol. The first kappa shape index (κ1) is 21.3. The minimum absolute atomic E-state index is 0.407. The molecule has 7 heteroatoms. The molecule has 2 aromatic rings. The van der Waals surface area contributed by atoms with E-state index in [4.69, 9.17) is 9.98 Å². The van der Waals surface area contributed by atoms with Gasteiger partial charge in [0.25, 0.3) is 0 Å². The molecule has 1 spiro atoms. The van der Waals surface area contributed by atoms with E-state index >= 15 is 0 Å². The number of rotatable bonds is 4. The zero-order valence-electron chi connectivity index (χ0n) is 17.6. The van der Waals surface area contributed by atoms with Crippen LogP contribution in [0.2, 0.25) is 0 Å². The summed E-state index contributed by atoms with van der Waals surface area (Å²) in [5.74, 6) is 0.925. The Labute approximate surface area is 183 Å². The van der Waals surface area contributed by atoms with Crippen molar-refractivity contribution < 1.29 is 8.42 Å². The summed E-state index contributed by atoms with van der Waals surface area (Å²) < 4.78 is 28.1. The SMILES string of the molecule is CCSC1=NC2(CCN(S(=O)(=O)c3cc(C)ccc3C)CC2)N=C1c1ccccc1. The third-order valence-corrected chi connectivity index (χ3v) is 8.53. The van der Waals surface area contributed by atoms with E-state index in [1.54, 1.807) is 22.1 Å². The lowest BCUT2D eigenvalue weighted by Gasteiger charge is -2.35. The van der Waals surface area contributed by atoms with Gasteiger partial charge in [0.1, 0.15) is 5.04 Å². The van der Waals surface area contributed by atoms with Gasteiger partial charge in [-0.05, 0) is 36.8 Å². The number of sulfonamides is 1. The molecule has 0 radical (unpaired) electrons. The topological polar surface area (TPSA) is 62.1 Å². The van der Waals surface area contributed by atoms with Gasteiger partial charge in [0.15, 0.2) is 5.66 Å². The lowest BCUT2D eigenvalue weighted by molar-refractivity contribution is 0.249. The Morgan fingerprint density at radius 1 is 1.03 bits per heavy atom. The van der Waals surface area contributed by atoms with E-state index in [1.165, 1.54) is 0 Å². The summed E-state index contributed by atoms with van der Waals surface area (Å²) >= 11 is 1.70. The van der Waals surface area contributed by atoms with Crippen LogP contribution >= 0.6 is 11.8 Å². The van der Waals surface area contributed by atoms with E-state index in [0.29, 0.717) is 30.8 Å². The quantitative estimate of drug-likeness (QED) is 0.705. The molecule has 0 bridgehead atoms. The summed E-state index contributed by atoms with van der Waals surface area (Å²) in [7, 11) is -3.52. The molecule has 2 heterocycles. The van der Waals surface area contributed by atoms with Gasteiger partial charge < -0.3 is 0 Å². The van der Waals surface area contributed by atoms with Crippen LogP contribution in [0.15, 0.2) is 63.4 Å². The van der Waals surface area contributed by atoms with Gasteiger partial charge in [-0.1, -0.05) is 49.4 Å². The Balaban J connectivity index is 1.59. The van der Waals surface area contributed by atoms with Crippen LogP contribution in [0, 0.1) is 13.8 Å². The van der Waals surface area contributed by atoms with Crippen LogP contribution in [0.5, 0.6) is 0 Å². The molecule has 0 atom stereocenters. The summed E-state index contributed by atoms with van der Waals surface area (Å²) in [6.45, 7) is 6.73. The molecule has 4 rings (SSSR count). The lowest BCUT2D eigenvalue weighted by Crippen LogP contribution is -2.44. The Morgan fingerprint density at radius 3 is 2.40 bits per heavy atom. The van der Waals surface area contributed by atoms with Crippen molar-refractivity contribution in [2.75, 3.05) is 18.8 Å². The van der Waals surface area contributed by atoms with Crippen LogP contribution in [-0.2, 0) is 10.0 Å². The summed E-state index contributed by atoms with van der Waals surface area (Å²) in [6, 6.07) is 15.7. The van der Waals surface area contributed by atoms with Gasteiger partial charge in [-0.15, -0.1) is 11.8 Å². The second-order valence-electron chi connectivity index (χ2n) is 7.83. The van der Waals surface area contributed by atoms with Gasteiger partial charge in [0.05, 0.1) is 10.6 Å². The summed E-state index contributed by atoms with van der Waals surface area (Å²) in [5.41, 5.74) is 3.20. The largest absolute Gasteiger partial charge is 0.252 e. The number of piperidine rings is 1. The third kappa shape index (κ3) is 3.98. The minimum Gasteiger partial charge on any atom is -0.252 e. The zero-order chi connectivity index (χ0) is 21.4. The maximum Gasteiger partial charge on any atom is 0.243 e. The second kappa shape index (κ2) is 8.29. The summed E-state index contributed by atoms with van der Waals surface area (Å²) in [4.78, 5) is 10.4. The molecule has 0 saturated carbocycles. The maximum atomic E-state index is 13.3. The minimum atomic E-state index is -3.52. The van der Waals surface area contributed by atoms with Gasteiger partial charge >= 0.3 is 0 Å². The number of aryl methyl sites for hydroxylation is 2. The smallest absolute Gasteiger partial charge is 0.243 e. The lowest BCUT2D eigenvalue weighted by atomic mass is 10.00. The highest BCUT2D eigenvalue weighted by atomic mass is 32.2. The van der Waals surface area contributed by atoms with Gasteiger partial charge in [-0.25, -0.2) is 13.4 Å². The molecule has 5 nitrogen and oxygen atoms in total. The predicted octanol–water partition coefficient (Wildman–Crippen LogP) is 4.44. The predicted molar refractivity (Wildman–Crippen MR) is 125 cm³/mol. The van der Waals surface area contributed by atoms with Crippen LogP contribution < -0.4 is 0 Å². The molecule has 0 unspecified atom stereocenters. The molecule has 1 fully saturated rings. The van der Waals surface area contributed by atoms with Crippen molar-refractivity contribution in [3.05, 3.63) is 65.2 Å². The van der Waals surface area contributed by atoms with E-state index in [-0.39, 0.29) is 0 Å². The number of aliphatic imine (C=N–C) groups is 2. The highest BCUT2D eigenvalue weighted by Gasteiger charge is 2.42. The molecule has 0 aromatic heterocycles. The number of nitrogens with zero attached hydrogens (tertiary/aromatic N) is 3. The molecule has 158 valence electrons. The highest BCUT2D eigenvalue weighted by Crippen LogP contribution is 2.37. The first-order valence-corrected chi connectivity index (χ1v) is 12.7. The normalized spacial score (nSPS) is 19.0. The molecule has 0 N–H and O–H groups in total. The van der Waals surface area contributed by atoms with Crippen molar-refractivity contribution in [1.29, 1.82) is 0 Å². The molecule has 30 heavy (non-hydrogen) atoms. The van der Waals surface area contributed by atoms with Crippen LogP contribution in [0.3, 0.4) is 0 Å². The Hall–Kier alpha value is -1.96. The highest BCUT2D eigenvalue weighted by molar-refractivity contribution is 8.15. The van der Waals surface area contributed by atoms with Crippen molar-refractivity contribution >= 4 is 32.5 Å². The van der Waals surface area contributed by atoms with Gasteiger partial charge in [0, 0.05) is 31.5 Å². The van der Waals surface area contributed by atoms with Gasteiger partial charge in [-0.2, -0.15) is 4.31 Å². The molecule has 0 amide bonds. The van der Waals surface area contributed by atoms with Crippen molar-refractivity contribution in [1.82, 2.24) is 4.31 Å². The average Bonchev–Trinajstić information content (AvgIpc) is 3.08. The first-order chi connectivity index (χ1) is 14.3. The first-order valence-electron chi connectivity index (χ1n) is 10.3. The van der Waals surface area contributed by atoms with E-state index in [1.807, 2.05) is 44.2 Å². The van der Waals surface area contributed by atoms with Crippen molar-refractivity contribution in [3.8, 4) is 0 Å². The molecule has 0 aliphatic carbocycles.